The highest BCUT2D eigenvalue weighted by molar-refractivity contribution is 5.93. The molecule has 3 N–H and O–H groups in total. The first-order valence-electron chi connectivity index (χ1n) is 8.46. The van der Waals surface area contributed by atoms with Crippen molar-refractivity contribution in [2.24, 2.45) is 0 Å². The normalized spacial score (nSPS) is 11.0. The Morgan fingerprint density at radius 3 is 2.44 bits per heavy atom. The van der Waals surface area contributed by atoms with E-state index in [0.717, 1.165) is 35.5 Å². The summed E-state index contributed by atoms with van der Waals surface area (Å²) >= 11 is 0. The van der Waals surface area contributed by atoms with Crippen LogP contribution in [0.1, 0.15) is 43.1 Å². The van der Waals surface area contributed by atoms with Crippen molar-refractivity contribution >= 4 is 28.6 Å². The molecule has 6 heteroatoms. The predicted octanol–water partition coefficient (Wildman–Crippen LogP) is 4.26. The third-order valence-corrected chi connectivity index (χ3v) is 4.41. The van der Waals surface area contributed by atoms with E-state index >= 15 is 0 Å². The zero-order valence-corrected chi connectivity index (χ0v) is 14.4. The van der Waals surface area contributed by atoms with Gasteiger partial charge in [-0.2, -0.15) is 0 Å². The summed E-state index contributed by atoms with van der Waals surface area (Å²) in [6, 6.07) is 15.3. The van der Waals surface area contributed by atoms with E-state index in [9.17, 15) is 4.79 Å². The smallest absolute Gasteiger partial charge is 0.274 e. The van der Waals surface area contributed by atoms with Crippen LogP contribution in [0.5, 0.6) is 0 Å². The minimum Gasteiger partial charge on any atom is -0.326 e. The lowest BCUT2D eigenvalue weighted by atomic mass is 10.1. The number of imidazole rings is 1. The minimum absolute atomic E-state index is 0.356. The first-order chi connectivity index (χ1) is 12.2. The summed E-state index contributed by atoms with van der Waals surface area (Å²) in [6.07, 6.45) is 2.03. The van der Waals surface area contributed by atoms with E-state index in [-0.39, 0.29) is 0 Å². The van der Waals surface area contributed by atoms with Crippen LogP contribution in [0.3, 0.4) is 0 Å². The van der Waals surface area contributed by atoms with Crippen LogP contribution in [-0.2, 0) is 0 Å². The Morgan fingerprint density at radius 2 is 1.80 bits per heavy atom. The Balaban J connectivity index is 1.98. The van der Waals surface area contributed by atoms with Crippen molar-refractivity contribution in [1.82, 2.24) is 15.0 Å². The fraction of sp³-hybridized carbons (Fsp3) is 0.263. The van der Waals surface area contributed by atoms with Crippen molar-refractivity contribution in [3.63, 3.8) is 0 Å². The lowest BCUT2D eigenvalue weighted by Gasteiger charge is -2.19. The molecule has 0 saturated heterocycles. The topological polar surface area (TPSA) is 79.2 Å². The SMILES string of the molecule is CCC(CC)n1c(Nc2ccc(C(=O)NO)cc2)nc2ccccc21. The average Bonchev–Trinajstić information content (AvgIpc) is 3.01. The minimum atomic E-state index is -0.532. The molecule has 3 rings (SSSR count). The second kappa shape index (κ2) is 7.36. The van der Waals surface area contributed by atoms with Gasteiger partial charge in [-0.1, -0.05) is 26.0 Å². The van der Waals surface area contributed by atoms with E-state index in [0.29, 0.717) is 11.6 Å². The summed E-state index contributed by atoms with van der Waals surface area (Å²) in [4.78, 5) is 16.2. The third-order valence-electron chi connectivity index (χ3n) is 4.41. The van der Waals surface area contributed by atoms with E-state index in [1.54, 1.807) is 29.7 Å². The number of nitrogens with zero attached hydrogens (tertiary/aromatic N) is 2. The maximum atomic E-state index is 11.4. The summed E-state index contributed by atoms with van der Waals surface area (Å²) in [5.41, 5.74) is 4.91. The van der Waals surface area contributed by atoms with Gasteiger partial charge in [-0.05, 0) is 49.2 Å². The van der Waals surface area contributed by atoms with Gasteiger partial charge in [0.1, 0.15) is 0 Å². The Kier molecular flexibility index (Phi) is 5.00. The molecule has 6 nitrogen and oxygen atoms in total. The zero-order chi connectivity index (χ0) is 17.8. The van der Waals surface area contributed by atoms with Crippen LogP contribution in [-0.4, -0.2) is 20.7 Å². The molecule has 0 aliphatic carbocycles. The van der Waals surface area contributed by atoms with Gasteiger partial charge in [0, 0.05) is 17.3 Å². The van der Waals surface area contributed by atoms with Gasteiger partial charge >= 0.3 is 0 Å². The number of para-hydroxylation sites is 2. The van der Waals surface area contributed by atoms with Gasteiger partial charge < -0.3 is 9.88 Å². The molecule has 0 aliphatic heterocycles. The Labute approximate surface area is 146 Å². The lowest BCUT2D eigenvalue weighted by Crippen LogP contribution is -2.18. The number of hydroxylamine groups is 1. The fourth-order valence-corrected chi connectivity index (χ4v) is 3.05. The van der Waals surface area contributed by atoms with Crippen LogP contribution < -0.4 is 10.8 Å². The molecule has 0 aliphatic rings. The number of hydrogen-bond donors (Lipinski definition) is 3. The molecule has 0 atom stereocenters. The van der Waals surface area contributed by atoms with Gasteiger partial charge in [-0.25, -0.2) is 10.5 Å². The molecule has 1 aromatic heterocycles. The number of carbonyl (C=O) groups is 1. The summed E-state index contributed by atoms with van der Waals surface area (Å²) in [7, 11) is 0. The first-order valence-corrected chi connectivity index (χ1v) is 8.46. The van der Waals surface area contributed by atoms with Crippen LogP contribution in [0.15, 0.2) is 48.5 Å². The van der Waals surface area contributed by atoms with E-state index < -0.39 is 5.91 Å². The molecule has 1 amide bonds. The number of aromatic nitrogens is 2. The fourth-order valence-electron chi connectivity index (χ4n) is 3.05. The van der Waals surface area contributed by atoms with Crippen LogP contribution in [0.2, 0.25) is 0 Å². The molecule has 0 fully saturated rings. The van der Waals surface area contributed by atoms with Crippen molar-refractivity contribution in [3.8, 4) is 0 Å². The van der Waals surface area contributed by atoms with Crippen LogP contribution in [0, 0.1) is 0 Å². The molecule has 25 heavy (non-hydrogen) atoms. The predicted molar refractivity (Wildman–Crippen MR) is 98.3 cm³/mol. The second-order valence-electron chi connectivity index (χ2n) is 5.91. The quantitative estimate of drug-likeness (QED) is 0.463. The number of hydrogen-bond acceptors (Lipinski definition) is 4. The average molecular weight is 338 g/mol. The number of anilines is 2. The second-order valence-corrected chi connectivity index (χ2v) is 5.91. The largest absolute Gasteiger partial charge is 0.326 e. The van der Waals surface area contributed by atoms with Crippen molar-refractivity contribution < 1.29 is 10.0 Å². The first kappa shape index (κ1) is 17.0. The molecule has 3 aromatic rings. The molecular weight excluding hydrogens is 316 g/mol. The number of carbonyl (C=O) groups excluding carboxylic acids is 1. The van der Waals surface area contributed by atoms with Crippen molar-refractivity contribution in [2.75, 3.05) is 5.32 Å². The molecule has 0 bridgehead atoms. The Morgan fingerprint density at radius 1 is 1.12 bits per heavy atom. The summed E-state index contributed by atoms with van der Waals surface area (Å²) < 4.78 is 2.24. The highest BCUT2D eigenvalue weighted by Gasteiger charge is 2.16. The van der Waals surface area contributed by atoms with Crippen LogP contribution in [0.25, 0.3) is 11.0 Å². The number of benzene rings is 2. The van der Waals surface area contributed by atoms with Crippen molar-refractivity contribution in [3.05, 3.63) is 54.1 Å². The molecule has 130 valence electrons. The van der Waals surface area contributed by atoms with Gasteiger partial charge in [0.15, 0.2) is 0 Å². The Hall–Kier alpha value is -2.86. The standard InChI is InChI=1S/C19H22N4O2/c1-3-15(4-2)23-17-8-6-5-7-16(17)21-19(23)20-14-11-9-13(10-12-14)18(24)22-25/h5-12,15,25H,3-4H2,1-2H3,(H,20,21)(H,22,24). The summed E-state index contributed by atoms with van der Waals surface area (Å²) in [6.45, 7) is 4.35. The van der Waals surface area contributed by atoms with E-state index in [2.05, 4.69) is 29.8 Å². The highest BCUT2D eigenvalue weighted by atomic mass is 16.5. The number of rotatable bonds is 6. The van der Waals surface area contributed by atoms with E-state index in [1.807, 2.05) is 18.2 Å². The third kappa shape index (κ3) is 3.34. The maximum absolute atomic E-state index is 11.4. The monoisotopic (exact) mass is 338 g/mol. The van der Waals surface area contributed by atoms with Crippen molar-refractivity contribution in [2.45, 2.75) is 32.7 Å². The number of amides is 1. The number of nitrogens with one attached hydrogen (secondary N) is 2. The molecule has 0 spiro atoms. The molecule has 0 radical (unpaired) electrons. The molecule has 0 saturated carbocycles. The highest BCUT2D eigenvalue weighted by Crippen LogP contribution is 2.29. The van der Waals surface area contributed by atoms with E-state index in [4.69, 9.17) is 10.2 Å². The van der Waals surface area contributed by atoms with Gasteiger partial charge in [-0.3, -0.25) is 10.0 Å². The van der Waals surface area contributed by atoms with Gasteiger partial charge in [0.25, 0.3) is 5.91 Å². The van der Waals surface area contributed by atoms with Gasteiger partial charge in [-0.15, -0.1) is 0 Å². The van der Waals surface area contributed by atoms with E-state index in [1.165, 1.54) is 0 Å². The Bertz CT molecular complexity index is 867. The molecule has 2 aromatic carbocycles. The van der Waals surface area contributed by atoms with Gasteiger partial charge in [0.2, 0.25) is 5.95 Å². The maximum Gasteiger partial charge on any atom is 0.274 e. The van der Waals surface area contributed by atoms with Crippen LogP contribution >= 0.6 is 0 Å². The summed E-state index contributed by atoms with van der Waals surface area (Å²) in [5.74, 6) is 0.255. The van der Waals surface area contributed by atoms with Crippen LogP contribution in [0.4, 0.5) is 11.6 Å². The van der Waals surface area contributed by atoms with Crippen molar-refractivity contribution in [1.29, 1.82) is 0 Å². The zero-order valence-electron chi connectivity index (χ0n) is 14.4. The lowest BCUT2D eigenvalue weighted by molar-refractivity contribution is 0.0706. The number of fused-ring (bicyclic) bond motifs is 1. The summed E-state index contributed by atoms with van der Waals surface area (Å²) in [5, 5.41) is 12.0. The molecule has 1 heterocycles. The molecular formula is C19H22N4O2. The molecule has 0 unspecified atom stereocenters. The van der Waals surface area contributed by atoms with Gasteiger partial charge in [0.05, 0.1) is 11.0 Å².